The molecule has 3 aromatic rings. The van der Waals surface area contributed by atoms with E-state index in [2.05, 4.69) is 16.4 Å². The Labute approximate surface area is 158 Å². The number of anilines is 1. The summed E-state index contributed by atoms with van der Waals surface area (Å²) in [6, 6.07) is 15.9. The van der Waals surface area contributed by atoms with E-state index in [9.17, 15) is 9.59 Å². The van der Waals surface area contributed by atoms with E-state index >= 15 is 0 Å². The lowest BCUT2D eigenvalue weighted by Gasteiger charge is -2.19. The molecular weight excluding hydrogens is 338 g/mol. The van der Waals surface area contributed by atoms with E-state index in [-0.39, 0.29) is 24.2 Å². The third-order valence-corrected chi connectivity index (χ3v) is 5.27. The monoisotopic (exact) mass is 361 g/mol. The number of aryl methyl sites for hydroxylation is 1. The lowest BCUT2D eigenvalue weighted by Crippen LogP contribution is -2.34. The number of nitrogens with zero attached hydrogens (tertiary/aromatic N) is 1. The Kier molecular flexibility index (Phi) is 4.67. The standard InChI is InChI=1S/C22H23N3O2/c1-15-6-2-5-9-20(15)25-14-17(12-21(25)26)22(27)23-11-10-16-13-24-19-8-4-3-7-18(16)19/h2-9,13,17,24H,10-12,14H2,1H3,(H,23,27). The van der Waals surface area contributed by atoms with Gasteiger partial charge in [0.2, 0.25) is 11.8 Å². The van der Waals surface area contributed by atoms with Crippen LogP contribution in [0.4, 0.5) is 5.69 Å². The number of carbonyl (C=O) groups is 2. The minimum atomic E-state index is -0.292. The molecule has 4 rings (SSSR count). The lowest BCUT2D eigenvalue weighted by atomic mass is 10.1. The molecule has 1 atom stereocenters. The molecule has 0 aliphatic carbocycles. The number of H-pyrrole nitrogens is 1. The van der Waals surface area contributed by atoms with Gasteiger partial charge in [0.05, 0.1) is 5.92 Å². The molecule has 1 saturated heterocycles. The molecule has 5 heteroatoms. The van der Waals surface area contributed by atoms with E-state index in [1.54, 1.807) is 4.90 Å². The number of amides is 2. The normalized spacial score (nSPS) is 16.9. The highest BCUT2D eigenvalue weighted by molar-refractivity contribution is 6.00. The predicted molar refractivity (Wildman–Crippen MR) is 107 cm³/mol. The predicted octanol–water partition coefficient (Wildman–Crippen LogP) is 3.19. The second-order valence-electron chi connectivity index (χ2n) is 7.09. The SMILES string of the molecule is Cc1ccccc1N1CC(C(=O)NCCc2c[nH]c3ccccc23)CC1=O. The Hall–Kier alpha value is -3.08. The minimum Gasteiger partial charge on any atom is -0.361 e. The average Bonchev–Trinajstić information content (AvgIpc) is 3.26. The van der Waals surface area contributed by atoms with Gasteiger partial charge in [-0.25, -0.2) is 0 Å². The number of hydrogen-bond acceptors (Lipinski definition) is 2. The fraction of sp³-hybridized carbons (Fsp3) is 0.273. The van der Waals surface area contributed by atoms with Gasteiger partial charge in [0.15, 0.2) is 0 Å². The number of aromatic nitrogens is 1. The summed E-state index contributed by atoms with van der Waals surface area (Å²) in [4.78, 5) is 29.9. The van der Waals surface area contributed by atoms with Crippen LogP contribution in [-0.2, 0) is 16.0 Å². The number of para-hydroxylation sites is 2. The molecule has 1 aliphatic rings. The van der Waals surface area contributed by atoms with Crippen molar-refractivity contribution in [2.75, 3.05) is 18.0 Å². The average molecular weight is 361 g/mol. The summed E-state index contributed by atoms with van der Waals surface area (Å²) in [5.74, 6) is -0.319. The maximum atomic E-state index is 12.5. The van der Waals surface area contributed by atoms with Crippen LogP contribution < -0.4 is 10.2 Å². The zero-order chi connectivity index (χ0) is 18.8. The van der Waals surface area contributed by atoms with Crippen LogP contribution in [0.15, 0.2) is 54.7 Å². The largest absolute Gasteiger partial charge is 0.361 e. The summed E-state index contributed by atoms with van der Waals surface area (Å²) in [5.41, 5.74) is 4.24. The van der Waals surface area contributed by atoms with Crippen LogP contribution in [0.1, 0.15) is 17.5 Å². The molecule has 1 aliphatic heterocycles. The number of hydrogen-bond donors (Lipinski definition) is 2. The third kappa shape index (κ3) is 3.45. The van der Waals surface area contributed by atoms with Crippen LogP contribution in [0.3, 0.4) is 0 Å². The van der Waals surface area contributed by atoms with Crippen LogP contribution in [-0.4, -0.2) is 29.9 Å². The summed E-state index contributed by atoms with van der Waals surface area (Å²) in [5, 5.41) is 4.19. The van der Waals surface area contributed by atoms with Crippen molar-refractivity contribution in [3.05, 3.63) is 65.9 Å². The molecule has 0 radical (unpaired) electrons. The summed E-state index contributed by atoms with van der Waals surface area (Å²) < 4.78 is 0. The number of carbonyl (C=O) groups excluding carboxylic acids is 2. The van der Waals surface area contributed by atoms with Gasteiger partial charge in [-0.3, -0.25) is 9.59 Å². The highest BCUT2D eigenvalue weighted by Crippen LogP contribution is 2.27. The number of fused-ring (bicyclic) bond motifs is 1. The molecule has 2 N–H and O–H groups in total. The van der Waals surface area contributed by atoms with Gasteiger partial charge < -0.3 is 15.2 Å². The first-order valence-corrected chi connectivity index (χ1v) is 9.32. The third-order valence-electron chi connectivity index (χ3n) is 5.27. The summed E-state index contributed by atoms with van der Waals surface area (Å²) in [6.07, 6.45) is 3.03. The second kappa shape index (κ2) is 7.27. The van der Waals surface area contributed by atoms with E-state index in [0.717, 1.165) is 23.2 Å². The number of aromatic amines is 1. The second-order valence-corrected chi connectivity index (χ2v) is 7.09. The van der Waals surface area contributed by atoms with Crippen molar-refractivity contribution < 1.29 is 9.59 Å². The first-order valence-electron chi connectivity index (χ1n) is 9.32. The van der Waals surface area contributed by atoms with E-state index in [1.165, 1.54) is 10.9 Å². The van der Waals surface area contributed by atoms with Crippen molar-refractivity contribution in [2.24, 2.45) is 5.92 Å². The molecule has 5 nitrogen and oxygen atoms in total. The van der Waals surface area contributed by atoms with Crippen molar-refractivity contribution in [2.45, 2.75) is 19.8 Å². The van der Waals surface area contributed by atoms with E-state index in [0.29, 0.717) is 13.1 Å². The van der Waals surface area contributed by atoms with Crippen LogP contribution in [0.2, 0.25) is 0 Å². The van der Waals surface area contributed by atoms with Gasteiger partial charge in [0, 0.05) is 42.3 Å². The number of benzene rings is 2. The molecular formula is C22H23N3O2. The van der Waals surface area contributed by atoms with E-state index < -0.39 is 0 Å². The first-order chi connectivity index (χ1) is 13.1. The van der Waals surface area contributed by atoms with Gasteiger partial charge in [-0.05, 0) is 36.6 Å². The molecule has 0 bridgehead atoms. The van der Waals surface area contributed by atoms with Gasteiger partial charge in [-0.15, -0.1) is 0 Å². The van der Waals surface area contributed by atoms with Gasteiger partial charge >= 0.3 is 0 Å². The maximum absolute atomic E-state index is 12.5. The van der Waals surface area contributed by atoms with Gasteiger partial charge in [-0.2, -0.15) is 0 Å². The zero-order valence-corrected chi connectivity index (χ0v) is 15.4. The van der Waals surface area contributed by atoms with Gasteiger partial charge in [0.25, 0.3) is 0 Å². The van der Waals surface area contributed by atoms with Crippen molar-refractivity contribution in [1.82, 2.24) is 10.3 Å². The summed E-state index contributed by atoms with van der Waals surface area (Å²) in [6.45, 7) is 3.00. The Morgan fingerprint density at radius 1 is 1.19 bits per heavy atom. The van der Waals surface area contributed by atoms with Crippen LogP contribution in [0.25, 0.3) is 10.9 Å². The first kappa shape index (κ1) is 17.3. The van der Waals surface area contributed by atoms with Crippen molar-refractivity contribution in [1.29, 1.82) is 0 Å². The molecule has 138 valence electrons. The molecule has 2 amide bonds. The molecule has 2 heterocycles. The topological polar surface area (TPSA) is 65.2 Å². The van der Waals surface area contributed by atoms with Crippen molar-refractivity contribution in [3.8, 4) is 0 Å². The lowest BCUT2D eigenvalue weighted by molar-refractivity contribution is -0.126. The number of nitrogens with one attached hydrogen (secondary N) is 2. The molecule has 27 heavy (non-hydrogen) atoms. The molecule has 1 fully saturated rings. The van der Waals surface area contributed by atoms with E-state index in [1.807, 2.05) is 55.6 Å². The fourth-order valence-electron chi connectivity index (χ4n) is 3.79. The number of rotatable bonds is 5. The van der Waals surface area contributed by atoms with Crippen LogP contribution in [0, 0.1) is 12.8 Å². The Morgan fingerprint density at radius 2 is 1.96 bits per heavy atom. The quantitative estimate of drug-likeness (QED) is 0.733. The summed E-state index contributed by atoms with van der Waals surface area (Å²) in [7, 11) is 0. The Bertz CT molecular complexity index is 992. The molecule has 1 unspecified atom stereocenters. The van der Waals surface area contributed by atoms with Crippen molar-refractivity contribution in [3.63, 3.8) is 0 Å². The molecule has 2 aromatic carbocycles. The maximum Gasteiger partial charge on any atom is 0.227 e. The van der Waals surface area contributed by atoms with Gasteiger partial charge in [-0.1, -0.05) is 36.4 Å². The highest BCUT2D eigenvalue weighted by Gasteiger charge is 2.35. The molecule has 0 saturated carbocycles. The van der Waals surface area contributed by atoms with Crippen molar-refractivity contribution >= 4 is 28.4 Å². The van der Waals surface area contributed by atoms with Crippen LogP contribution >= 0.6 is 0 Å². The fourth-order valence-corrected chi connectivity index (χ4v) is 3.79. The minimum absolute atomic E-state index is 0.0149. The van der Waals surface area contributed by atoms with Crippen LogP contribution in [0.5, 0.6) is 0 Å². The zero-order valence-electron chi connectivity index (χ0n) is 15.4. The molecule has 0 spiro atoms. The highest BCUT2D eigenvalue weighted by atomic mass is 16.2. The van der Waals surface area contributed by atoms with E-state index in [4.69, 9.17) is 0 Å². The smallest absolute Gasteiger partial charge is 0.227 e. The Morgan fingerprint density at radius 3 is 2.81 bits per heavy atom. The Balaban J connectivity index is 1.35. The molecule has 1 aromatic heterocycles. The summed E-state index contributed by atoms with van der Waals surface area (Å²) >= 11 is 0. The van der Waals surface area contributed by atoms with Gasteiger partial charge in [0.1, 0.15) is 0 Å².